The summed E-state index contributed by atoms with van der Waals surface area (Å²) >= 11 is 0. The van der Waals surface area contributed by atoms with E-state index in [1.807, 2.05) is 0 Å². The van der Waals surface area contributed by atoms with E-state index >= 15 is 0 Å². The van der Waals surface area contributed by atoms with Crippen LogP contribution in [0.3, 0.4) is 0 Å². The lowest BCUT2D eigenvalue weighted by Gasteiger charge is -2.13. The predicted octanol–water partition coefficient (Wildman–Crippen LogP) is -0.970. The van der Waals surface area contributed by atoms with Crippen molar-refractivity contribution < 1.29 is 24.6 Å². The lowest BCUT2D eigenvalue weighted by Crippen LogP contribution is -2.44. The normalized spacial score (nSPS) is 11.8. The van der Waals surface area contributed by atoms with Crippen molar-refractivity contribution in [1.82, 2.24) is 10.6 Å². The van der Waals surface area contributed by atoms with Crippen LogP contribution in [-0.2, 0) is 14.4 Å². The number of carboxylic acid groups (broad SMARTS) is 2. The largest absolute Gasteiger partial charge is 0.481 e. The molecule has 0 aliphatic heterocycles. The zero-order chi connectivity index (χ0) is 12.6. The Morgan fingerprint density at radius 1 is 1.25 bits per heavy atom. The summed E-state index contributed by atoms with van der Waals surface area (Å²) in [5.41, 5.74) is 0. The molecule has 1 atom stereocenters. The highest BCUT2D eigenvalue weighted by Gasteiger charge is 2.19. The molecule has 16 heavy (non-hydrogen) atoms. The van der Waals surface area contributed by atoms with E-state index in [9.17, 15) is 14.4 Å². The zero-order valence-electron chi connectivity index (χ0n) is 9.02. The molecule has 0 unspecified atom stereocenters. The van der Waals surface area contributed by atoms with Crippen molar-refractivity contribution in [3.05, 3.63) is 0 Å². The van der Waals surface area contributed by atoms with Crippen LogP contribution >= 0.6 is 0 Å². The van der Waals surface area contributed by atoms with Gasteiger partial charge in [0.05, 0.1) is 6.54 Å². The molecule has 0 heterocycles. The first-order chi connectivity index (χ1) is 7.47. The van der Waals surface area contributed by atoms with Crippen LogP contribution in [0, 0.1) is 0 Å². The summed E-state index contributed by atoms with van der Waals surface area (Å²) in [5, 5.41) is 22.0. The Balaban J connectivity index is 4.02. The molecule has 0 fully saturated rings. The van der Waals surface area contributed by atoms with Crippen LogP contribution in [0.15, 0.2) is 0 Å². The first-order valence-corrected chi connectivity index (χ1v) is 4.86. The Kier molecular flexibility index (Phi) is 6.86. The molecule has 0 spiro atoms. The standard InChI is InChI=1S/C9H16N2O5/c1-10-5-7(12)11-6(9(15)16)3-2-4-8(13)14/h6,10H,2-5H2,1H3,(H,11,12)(H,13,14)(H,15,16)/t6-/m1/s1. The van der Waals surface area contributed by atoms with Crippen molar-refractivity contribution in [3.8, 4) is 0 Å². The van der Waals surface area contributed by atoms with Crippen molar-refractivity contribution in [2.24, 2.45) is 0 Å². The van der Waals surface area contributed by atoms with E-state index in [1.165, 1.54) is 0 Å². The van der Waals surface area contributed by atoms with Gasteiger partial charge in [-0.25, -0.2) is 4.79 Å². The molecule has 0 aromatic carbocycles. The number of carbonyl (C=O) groups excluding carboxylic acids is 1. The van der Waals surface area contributed by atoms with Gasteiger partial charge < -0.3 is 20.8 Å². The van der Waals surface area contributed by atoms with Crippen LogP contribution in [0.4, 0.5) is 0 Å². The van der Waals surface area contributed by atoms with Crippen molar-refractivity contribution in [3.63, 3.8) is 0 Å². The zero-order valence-corrected chi connectivity index (χ0v) is 9.02. The fourth-order valence-corrected chi connectivity index (χ4v) is 1.12. The van der Waals surface area contributed by atoms with Gasteiger partial charge >= 0.3 is 11.9 Å². The smallest absolute Gasteiger partial charge is 0.326 e. The average Bonchev–Trinajstić information content (AvgIpc) is 2.15. The predicted molar refractivity (Wildman–Crippen MR) is 55.0 cm³/mol. The second-order valence-corrected chi connectivity index (χ2v) is 3.27. The highest BCUT2D eigenvalue weighted by atomic mass is 16.4. The quantitative estimate of drug-likeness (QED) is 0.428. The molecule has 0 aromatic heterocycles. The van der Waals surface area contributed by atoms with Crippen molar-refractivity contribution in [2.75, 3.05) is 13.6 Å². The molecule has 0 radical (unpaired) electrons. The third-order valence-corrected chi connectivity index (χ3v) is 1.85. The molecule has 7 nitrogen and oxygen atoms in total. The molecule has 92 valence electrons. The summed E-state index contributed by atoms with van der Waals surface area (Å²) < 4.78 is 0. The number of likely N-dealkylation sites (N-methyl/N-ethyl adjacent to an activating group) is 1. The number of aliphatic carboxylic acids is 2. The van der Waals surface area contributed by atoms with Crippen LogP contribution in [-0.4, -0.2) is 47.7 Å². The van der Waals surface area contributed by atoms with Gasteiger partial charge in [0.25, 0.3) is 0 Å². The number of hydrogen-bond donors (Lipinski definition) is 4. The number of carbonyl (C=O) groups is 3. The lowest BCUT2D eigenvalue weighted by atomic mass is 10.1. The second-order valence-electron chi connectivity index (χ2n) is 3.27. The molecule has 0 aliphatic rings. The van der Waals surface area contributed by atoms with Gasteiger partial charge in [0.15, 0.2) is 0 Å². The van der Waals surface area contributed by atoms with Gasteiger partial charge in [0.1, 0.15) is 6.04 Å². The van der Waals surface area contributed by atoms with Gasteiger partial charge in [-0.05, 0) is 19.9 Å². The van der Waals surface area contributed by atoms with Crippen LogP contribution < -0.4 is 10.6 Å². The highest BCUT2D eigenvalue weighted by molar-refractivity contribution is 5.84. The molecule has 0 saturated carbocycles. The molecule has 0 saturated heterocycles. The van der Waals surface area contributed by atoms with Gasteiger partial charge in [0.2, 0.25) is 5.91 Å². The van der Waals surface area contributed by atoms with Gasteiger partial charge in [0, 0.05) is 6.42 Å². The van der Waals surface area contributed by atoms with Gasteiger partial charge in [-0.2, -0.15) is 0 Å². The number of hydrogen-bond acceptors (Lipinski definition) is 4. The molecule has 0 aliphatic carbocycles. The van der Waals surface area contributed by atoms with E-state index in [1.54, 1.807) is 7.05 Å². The van der Waals surface area contributed by atoms with Crippen molar-refractivity contribution >= 4 is 17.8 Å². The summed E-state index contributed by atoms with van der Waals surface area (Å²) in [4.78, 5) is 32.1. The first-order valence-electron chi connectivity index (χ1n) is 4.86. The molecular formula is C9H16N2O5. The Morgan fingerprint density at radius 3 is 2.31 bits per heavy atom. The molecule has 1 amide bonds. The number of nitrogens with one attached hydrogen (secondary N) is 2. The fraction of sp³-hybridized carbons (Fsp3) is 0.667. The minimum atomic E-state index is -1.16. The molecule has 4 N–H and O–H groups in total. The van der Waals surface area contributed by atoms with Crippen LogP contribution in [0.1, 0.15) is 19.3 Å². The van der Waals surface area contributed by atoms with Crippen LogP contribution in [0.25, 0.3) is 0 Å². The minimum absolute atomic E-state index is 0.0305. The molecular weight excluding hydrogens is 216 g/mol. The topological polar surface area (TPSA) is 116 Å². The van der Waals surface area contributed by atoms with Gasteiger partial charge in [-0.3, -0.25) is 9.59 Å². The molecule has 0 aromatic rings. The van der Waals surface area contributed by atoms with E-state index in [2.05, 4.69) is 10.6 Å². The third-order valence-electron chi connectivity index (χ3n) is 1.85. The fourth-order valence-electron chi connectivity index (χ4n) is 1.12. The lowest BCUT2D eigenvalue weighted by molar-refractivity contribution is -0.142. The summed E-state index contributed by atoms with van der Waals surface area (Å²) in [7, 11) is 1.57. The maximum atomic E-state index is 11.1. The van der Waals surface area contributed by atoms with E-state index < -0.39 is 23.9 Å². The number of amides is 1. The highest BCUT2D eigenvalue weighted by Crippen LogP contribution is 2.01. The van der Waals surface area contributed by atoms with Crippen molar-refractivity contribution in [1.29, 1.82) is 0 Å². The van der Waals surface area contributed by atoms with Gasteiger partial charge in [-0.1, -0.05) is 0 Å². The van der Waals surface area contributed by atoms with E-state index in [0.29, 0.717) is 0 Å². The Morgan fingerprint density at radius 2 is 1.88 bits per heavy atom. The van der Waals surface area contributed by atoms with E-state index in [0.717, 1.165) is 0 Å². The van der Waals surface area contributed by atoms with E-state index in [-0.39, 0.29) is 25.8 Å². The maximum absolute atomic E-state index is 11.1. The Bertz CT molecular complexity index is 267. The second kappa shape index (κ2) is 7.63. The third kappa shape index (κ3) is 6.77. The maximum Gasteiger partial charge on any atom is 0.326 e. The van der Waals surface area contributed by atoms with Crippen LogP contribution in [0.5, 0.6) is 0 Å². The summed E-state index contributed by atoms with van der Waals surface area (Å²) in [5.74, 6) is -2.56. The number of carboxylic acids is 2. The van der Waals surface area contributed by atoms with Crippen LogP contribution in [0.2, 0.25) is 0 Å². The average molecular weight is 232 g/mol. The Labute approximate surface area is 92.8 Å². The number of rotatable bonds is 8. The summed E-state index contributed by atoms with van der Waals surface area (Å²) in [6.45, 7) is 0.0305. The molecule has 7 heteroatoms. The van der Waals surface area contributed by atoms with Crippen molar-refractivity contribution in [2.45, 2.75) is 25.3 Å². The SMILES string of the molecule is CNCC(=O)N[C@H](CCCC(=O)O)C(=O)O. The van der Waals surface area contributed by atoms with Gasteiger partial charge in [-0.15, -0.1) is 0 Å². The minimum Gasteiger partial charge on any atom is -0.481 e. The monoisotopic (exact) mass is 232 g/mol. The molecule has 0 bridgehead atoms. The molecule has 0 rings (SSSR count). The van der Waals surface area contributed by atoms with E-state index in [4.69, 9.17) is 10.2 Å². The summed E-state index contributed by atoms with van der Waals surface area (Å²) in [6.07, 6.45) is 0.217. The Hall–Kier alpha value is -1.63. The first kappa shape index (κ1) is 14.4. The summed E-state index contributed by atoms with van der Waals surface area (Å²) in [6, 6.07) is -1.03.